The maximum atomic E-state index is 12.1. The summed E-state index contributed by atoms with van der Waals surface area (Å²) in [4.78, 5) is 11.3. The first-order valence-electron chi connectivity index (χ1n) is 5.31. The van der Waals surface area contributed by atoms with E-state index in [1.54, 1.807) is 13.0 Å². The van der Waals surface area contributed by atoms with Crippen molar-refractivity contribution in [3.63, 3.8) is 0 Å². The minimum atomic E-state index is -3.06. The number of nitrogens with zero attached hydrogens (tertiary/aromatic N) is 1. The van der Waals surface area contributed by atoms with Gasteiger partial charge in [0.15, 0.2) is 0 Å². The SMILES string of the molecule is CCOC(=O)Cc1ccc(OC(F)F)c(C#N)c1Cl. The topological polar surface area (TPSA) is 59.3 Å². The lowest BCUT2D eigenvalue weighted by molar-refractivity contribution is -0.142. The molecule has 19 heavy (non-hydrogen) atoms. The second-order valence-electron chi connectivity index (χ2n) is 3.38. The lowest BCUT2D eigenvalue weighted by Gasteiger charge is -2.10. The Balaban J connectivity index is 3.04. The molecule has 0 atom stereocenters. The molecule has 1 aromatic carbocycles. The van der Waals surface area contributed by atoms with Gasteiger partial charge in [-0.05, 0) is 18.6 Å². The highest BCUT2D eigenvalue weighted by atomic mass is 35.5. The second-order valence-corrected chi connectivity index (χ2v) is 3.76. The van der Waals surface area contributed by atoms with Crippen LogP contribution in [0.2, 0.25) is 5.02 Å². The monoisotopic (exact) mass is 289 g/mol. The summed E-state index contributed by atoms with van der Waals surface area (Å²) >= 11 is 5.89. The van der Waals surface area contributed by atoms with Gasteiger partial charge in [-0.25, -0.2) is 0 Å². The zero-order valence-electron chi connectivity index (χ0n) is 9.95. The fourth-order valence-corrected chi connectivity index (χ4v) is 1.67. The van der Waals surface area contributed by atoms with E-state index in [9.17, 15) is 13.6 Å². The third-order valence-corrected chi connectivity index (χ3v) is 2.58. The molecule has 0 amide bonds. The molecule has 0 bridgehead atoms. The van der Waals surface area contributed by atoms with Crippen molar-refractivity contribution in [1.82, 2.24) is 0 Å². The first-order valence-corrected chi connectivity index (χ1v) is 5.69. The summed E-state index contributed by atoms with van der Waals surface area (Å²) < 4.78 is 33.2. The zero-order valence-corrected chi connectivity index (χ0v) is 10.7. The van der Waals surface area contributed by atoms with Crippen LogP contribution in [0.5, 0.6) is 5.75 Å². The summed E-state index contributed by atoms with van der Waals surface area (Å²) in [6.07, 6.45) is -0.143. The molecule has 0 aliphatic heterocycles. The van der Waals surface area contributed by atoms with Gasteiger partial charge in [-0.3, -0.25) is 4.79 Å². The van der Waals surface area contributed by atoms with Gasteiger partial charge in [0, 0.05) is 0 Å². The Kier molecular flexibility index (Phi) is 5.52. The molecule has 0 spiro atoms. The molecule has 0 N–H and O–H groups in total. The lowest BCUT2D eigenvalue weighted by Crippen LogP contribution is -2.09. The predicted molar refractivity (Wildman–Crippen MR) is 63.1 cm³/mol. The molecule has 4 nitrogen and oxygen atoms in total. The number of benzene rings is 1. The van der Waals surface area contributed by atoms with Crippen molar-refractivity contribution < 1.29 is 23.0 Å². The van der Waals surface area contributed by atoms with Gasteiger partial charge in [-0.1, -0.05) is 17.7 Å². The van der Waals surface area contributed by atoms with E-state index in [1.807, 2.05) is 0 Å². The molecule has 0 saturated heterocycles. The molecule has 0 heterocycles. The minimum absolute atomic E-state index is 0.0892. The molecule has 0 unspecified atom stereocenters. The number of hydrogen-bond donors (Lipinski definition) is 0. The highest BCUT2D eigenvalue weighted by Gasteiger charge is 2.17. The summed E-state index contributed by atoms with van der Waals surface area (Å²) in [6.45, 7) is -1.19. The first kappa shape index (κ1) is 15.2. The molecule has 7 heteroatoms. The number of carbonyl (C=O) groups is 1. The third-order valence-electron chi connectivity index (χ3n) is 2.15. The van der Waals surface area contributed by atoms with Crippen LogP contribution < -0.4 is 4.74 Å². The molecule has 0 fully saturated rings. The molecule has 0 aliphatic rings. The third kappa shape index (κ3) is 4.07. The molecule has 0 saturated carbocycles. The standard InChI is InChI=1S/C12H10ClF2NO3/c1-2-18-10(17)5-7-3-4-9(19-12(14)15)8(6-16)11(7)13/h3-4,12H,2,5H2,1H3. The van der Waals surface area contributed by atoms with Gasteiger partial charge in [0.25, 0.3) is 0 Å². The first-order chi connectivity index (χ1) is 8.99. The van der Waals surface area contributed by atoms with E-state index in [0.717, 1.165) is 0 Å². The van der Waals surface area contributed by atoms with Gasteiger partial charge >= 0.3 is 12.6 Å². The van der Waals surface area contributed by atoms with Crippen LogP contribution in [0, 0.1) is 11.3 Å². The highest BCUT2D eigenvalue weighted by Crippen LogP contribution is 2.30. The highest BCUT2D eigenvalue weighted by molar-refractivity contribution is 6.32. The Bertz CT molecular complexity index is 514. The summed E-state index contributed by atoms with van der Waals surface area (Å²) in [6, 6.07) is 4.19. The van der Waals surface area contributed by atoms with Gasteiger partial charge in [-0.15, -0.1) is 0 Å². The second kappa shape index (κ2) is 6.90. The summed E-state index contributed by atoms with van der Waals surface area (Å²) in [5.41, 5.74) is 0.0852. The van der Waals surface area contributed by atoms with Crippen LogP contribution in [0.4, 0.5) is 8.78 Å². The van der Waals surface area contributed by atoms with Crippen LogP contribution in [0.3, 0.4) is 0 Å². The number of alkyl halides is 2. The Morgan fingerprint density at radius 2 is 2.21 bits per heavy atom. The van der Waals surface area contributed by atoms with Crippen molar-refractivity contribution in [2.24, 2.45) is 0 Å². The predicted octanol–water partition coefficient (Wildman–Crippen LogP) is 2.92. The van der Waals surface area contributed by atoms with Gasteiger partial charge in [0.1, 0.15) is 17.4 Å². The van der Waals surface area contributed by atoms with Crippen LogP contribution in [-0.2, 0) is 16.0 Å². The van der Waals surface area contributed by atoms with Crippen LogP contribution in [0.15, 0.2) is 12.1 Å². The average Bonchev–Trinajstić information content (AvgIpc) is 2.33. The van der Waals surface area contributed by atoms with Crippen molar-refractivity contribution in [2.75, 3.05) is 6.61 Å². The minimum Gasteiger partial charge on any atom is -0.466 e. The van der Waals surface area contributed by atoms with Crippen LogP contribution in [0.1, 0.15) is 18.1 Å². The molecular formula is C12H10ClF2NO3. The average molecular weight is 290 g/mol. The summed E-state index contributed by atoms with van der Waals surface area (Å²) in [5.74, 6) is -0.842. The van der Waals surface area contributed by atoms with Crippen molar-refractivity contribution in [2.45, 2.75) is 20.0 Å². The zero-order chi connectivity index (χ0) is 14.4. The number of nitriles is 1. The Labute approximate surface area is 113 Å². The number of esters is 1. The maximum absolute atomic E-state index is 12.1. The van der Waals surface area contributed by atoms with Crippen molar-refractivity contribution >= 4 is 17.6 Å². The molecule has 102 valence electrons. The summed E-state index contributed by atoms with van der Waals surface area (Å²) in [7, 11) is 0. The number of ether oxygens (including phenoxy) is 2. The van der Waals surface area contributed by atoms with Gasteiger partial charge in [-0.2, -0.15) is 14.0 Å². The fourth-order valence-electron chi connectivity index (χ4n) is 1.40. The van der Waals surface area contributed by atoms with Crippen molar-refractivity contribution in [3.8, 4) is 11.8 Å². The number of halogens is 3. The Hall–Kier alpha value is -1.87. The largest absolute Gasteiger partial charge is 0.466 e. The molecule has 1 rings (SSSR count). The van der Waals surface area contributed by atoms with Crippen LogP contribution in [0.25, 0.3) is 0 Å². The van der Waals surface area contributed by atoms with Crippen molar-refractivity contribution in [3.05, 3.63) is 28.3 Å². The van der Waals surface area contributed by atoms with E-state index < -0.39 is 12.6 Å². The van der Waals surface area contributed by atoms with E-state index in [1.165, 1.54) is 12.1 Å². The maximum Gasteiger partial charge on any atom is 0.387 e. The molecule has 0 radical (unpaired) electrons. The van der Waals surface area contributed by atoms with E-state index in [4.69, 9.17) is 21.6 Å². The van der Waals surface area contributed by atoms with Crippen LogP contribution in [-0.4, -0.2) is 19.2 Å². The van der Waals surface area contributed by atoms with E-state index >= 15 is 0 Å². The van der Waals surface area contributed by atoms with Crippen molar-refractivity contribution in [1.29, 1.82) is 5.26 Å². The van der Waals surface area contributed by atoms with E-state index in [0.29, 0.717) is 5.56 Å². The molecule has 0 aliphatic carbocycles. The van der Waals surface area contributed by atoms with E-state index in [2.05, 4.69) is 4.74 Å². The fraction of sp³-hybridized carbons (Fsp3) is 0.333. The Morgan fingerprint density at radius 1 is 1.53 bits per heavy atom. The number of carbonyl (C=O) groups excluding carboxylic acids is 1. The molecule has 1 aromatic rings. The van der Waals surface area contributed by atoms with E-state index in [-0.39, 0.29) is 29.4 Å². The molecule has 0 aromatic heterocycles. The normalized spacial score (nSPS) is 10.1. The quantitative estimate of drug-likeness (QED) is 0.782. The number of hydrogen-bond acceptors (Lipinski definition) is 4. The lowest BCUT2D eigenvalue weighted by atomic mass is 10.1. The van der Waals surface area contributed by atoms with Crippen LogP contribution >= 0.6 is 11.6 Å². The van der Waals surface area contributed by atoms with Gasteiger partial charge in [0.05, 0.1) is 18.1 Å². The summed E-state index contributed by atoms with van der Waals surface area (Å²) in [5, 5.41) is 8.81. The van der Waals surface area contributed by atoms with Gasteiger partial charge < -0.3 is 9.47 Å². The number of rotatable bonds is 5. The molecular weight excluding hydrogens is 280 g/mol. The smallest absolute Gasteiger partial charge is 0.387 e. The van der Waals surface area contributed by atoms with Gasteiger partial charge in [0.2, 0.25) is 0 Å². The Morgan fingerprint density at radius 3 is 2.74 bits per heavy atom.